The van der Waals surface area contributed by atoms with Crippen LogP contribution in [0, 0.1) is 0 Å². The molecule has 2 nitrogen and oxygen atoms in total. The van der Waals surface area contributed by atoms with E-state index in [1.807, 2.05) is 6.20 Å². The summed E-state index contributed by atoms with van der Waals surface area (Å²) < 4.78 is 1.02. The topological polar surface area (TPSA) is 25.8 Å². The van der Waals surface area contributed by atoms with Crippen LogP contribution in [-0.4, -0.2) is 9.97 Å². The maximum absolute atomic E-state index is 4.65. The third-order valence-corrected chi connectivity index (χ3v) is 3.00. The van der Waals surface area contributed by atoms with Crippen molar-refractivity contribution in [2.45, 2.75) is 44.9 Å². The van der Waals surface area contributed by atoms with Crippen molar-refractivity contribution >= 4 is 15.9 Å². The molecular formula is C11H15BrN2. The average molecular weight is 255 g/mol. The zero-order valence-corrected chi connectivity index (χ0v) is 10.4. The van der Waals surface area contributed by atoms with Crippen LogP contribution >= 0.6 is 15.9 Å². The summed E-state index contributed by atoms with van der Waals surface area (Å²) in [7, 11) is 0. The van der Waals surface area contributed by atoms with Crippen molar-refractivity contribution < 1.29 is 0 Å². The van der Waals surface area contributed by atoms with Crippen LogP contribution in [0.2, 0.25) is 0 Å². The van der Waals surface area contributed by atoms with Gasteiger partial charge in [0.2, 0.25) is 0 Å². The van der Waals surface area contributed by atoms with Crippen LogP contribution in [-0.2, 0) is 5.41 Å². The van der Waals surface area contributed by atoms with Crippen LogP contribution in [0.3, 0.4) is 0 Å². The van der Waals surface area contributed by atoms with Gasteiger partial charge in [-0.2, -0.15) is 0 Å². The standard InChI is InChI=1S/C11H15BrN2/c1-11(2,3)9-8(12)6-13-10(14-9)7-4-5-7/h6-7H,4-5H2,1-3H3. The quantitative estimate of drug-likeness (QED) is 0.768. The Balaban J connectivity index is 2.41. The van der Waals surface area contributed by atoms with E-state index in [9.17, 15) is 0 Å². The second-order valence-electron chi connectivity index (χ2n) is 4.95. The monoisotopic (exact) mass is 254 g/mol. The van der Waals surface area contributed by atoms with Gasteiger partial charge in [0.15, 0.2) is 0 Å². The largest absolute Gasteiger partial charge is 0.240 e. The van der Waals surface area contributed by atoms with Crippen LogP contribution in [0.15, 0.2) is 10.7 Å². The van der Waals surface area contributed by atoms with E-state index in [2.05, 4.69) is 46.7 Å². The molecule has 1 heterocycles. The molecule has 76 valence electrons. The Morgan fingerprint density at radius 3 is 2.50 bits per heavy atom. The first-order valence-electron chi connectivity index (χ1n) is 5.01. The van der Waals surface area contributed by atoms with Crippen molar-refractivity contribution in [3.8, 4) is 0 Å². The van der Waals surface area contributed by atoms with Gasteiger partial charge in [-0.25, -0.2) is 9.97 Å². The molecule has 0 unspecified atom stereocenters. The van der Waals surface area contributed by atoms with Crippen LogP contribution in [0.5, 0.6) is 0 Å². The molecule has 0 radical (unpaired) electrons. The number of hydrogen-bond donors (Lipinski definition) is 0. The fourth-order valence-corrected chi connectivity index (χ4v) is 2.23. The summed E-state index contributed by atoms with van der Waals surface area (Å²) in [6, 6.07) is 0. The Hall–Kier alpha value is -0.440. The van der Waals surface area contributed by atoms with Crippen LogP contribution in [0.4, 0.5) is 0 Å². The van der Waals surface area contributed by atoms with Crippen LogP contribution in [0.1, 0.15) is 51.0 Å². The van der Waals surface area contributed by atoms with Gasteiger partial charge in [-0.15, -0.1) is 0 Å². The highest BCUT2D eigenvalue weighted by Gasteiger charge is 2.28. The summed E-state index contributed by atoms with van der Waals surface area (Å²) in [4.78, 5) is 9.00. The third kappa shape index (κ3) is 1.97. The molecule has 0 N–H and O–H groups in total. The Bertz CT molecular complexity index is 351. The lowest BCUT2D eigenvalue weighted by atomic mass is 9.92. The van der Waals surface area contributed by atoms with Gasteiger partial charge in [-0.3, -0.25) is 0 Å². The molecule has 1 aliphatic carbocycles. The molecule has 1 fully saturated rings. The summed E-state index contributed by atoms with van der Waals surface area (Å²) in [6.45, 7) is 6.53. The molecule has 14 heavy (non-hydrogen) atoms. The van der Waals surface area contributed by atoms with E-state index in [4.69, 9.17) is 0 Å². The zero-order chi connectivity index (χ0) is 10.3. The summed E-state index contributed by atoms with van der Waals surface area (Å²) in [5, 5.41) is 0. The molecule has 0 aromatic carbocycles. The second-order valence-corrected chi connectivity index (χ2v) is 5.80. The maximum Gasteiger partial charge on any atom is 0.131 e. The first kappa shape index (κ1) is 10.1. The third-order valence-electron chi connectivity index (χ3n) is 2.42. The summed E-state index contributed by atoms with van der Waals surface area (Å²) in [6.07, 6.45) is 4.40. The summed E-state index contributed by atoms with van der Waals surface area (Å²) in [5.74, 6) is 1.65. The van der Waals surface area contributed by atoms with Gasteiger partial charge >= 0.3 is 0 Å². The first-order valence-corrected chi connectivity index (χ1v) is 5.80. The Labute approximate surface area is 93.3 Å². The molecule has 0 spiro atoms. The van der Waals surface area contributed by atoms with E-state index in [0.29, 0.717) is 5.92 Å². The summed E-state index contributed by atoms with van der Waals surface area (Å²) in [5.41, 5.74) is 1.21. The molecule has 1 aromatic rings. The van der Waals surface area contributed by atoms with Crippen molar-refractivity contribution in [3.63, 3.8) is 0 Å². The minimum absolute atomic E-state index is 0.0887. The highest BCUT2D eigenvalue weighted by molar-refractivity contribution is 9.10. The number of hydrogen-bond acceptors (Lipinski definition) is 2. The zero-order valence-electron chi connectivity index (χ0n) is 8.84. The van der Waals surface area contributed by atoms with E-state index < -0.39 is 0 Å². The van der Waals surface area contributed by atoms with Crippen molar-refractivity contribution in [1.29, 1.82) is 0 Å². The second kappa shape index (κ2) is 3.30. The molecule has 2 rings (SSSR count). The van der Waals surface area contributed by atoms with Gasteiger partial charge in [0, 0.05) is 17.5 Å². The van der Waals surface area contributed by atoms with Gasteiger partial charge < -0.3 is 0 Å². The minimum atomic E-state index is 0.0887. The van der Waals surface area contributed by atoms with Gasteiger partial charge in [0.05, 0.1) is 10.2 Å². The van der Waals surface area contributed by atoms with E-state index >= 15 is 0 Å². The van der Waals surface area contributed by atoms with Crippen molar-refractivity contribution in [2.75, 3.05) is 0 Å². The van der Waals surface area contributed by atoms with E-state index in [1.54, 1.807) is 0 Å². The lowest BCUT2D eigenvalue weighted by Gasteiger charge is -2.19. The lowest BCUT2D eigenvalue weighted by Crippen LogP contribution is -2.16. The Morgan fingerprint density at radius 1 is 1.36 bits per heavy atom. The van der Waals surface area contributed by atoms with Crippen LogP contribution < -0.4 is 0 Å². The number of halogens is 1. The summed E-state index contributed by atoms with van der Waals surface area (Å²) >= 11 is 3.51. The maximum atomic E-state index is 4.65. The molecule has 0 saturated heterocycles. The Morgan fingerprint density at radius 2 is 2.00 bits per heavy atom. The van der Waals surface area contributed by atoms with E-state index in [1.165, 1.54) is 12.8 Å². The highest BCUT2D eigenvalue weighted by Crippen LogP contribution is 2.39. The molecule has 1 aliphatic rings. The van der Waals surface area contributed by atoms with Gasteiger partial charge in [0.25, 0.3) is 0 Å². The van der Waals surface area contributed by atoms with Crippen LogP contribution in [0.25, 0.3) is 0 Å². The predicted molar refractivity (Wildman–Crippen MR) is 60.4 cm³/mol. The molecule has 0 aliphatic heterocycles. The number of nitrogens with zero attached hydrogens (tertiary/aromatic N) is 2. The molecule has 0 bridgehead atoms. The minimum Gasteiger partial charge on any atom is -0.240 e. The molecule has 0 amide bonds. The SMILES string of the molecule is CC(C)(C)c1nc(C2CC2)ncc1Br. The molecule has 1 aromatic heterocycles. The lowest BCUT2D eigenvalue weighted by molar-refractivity contribution is 0.558. The highest BCUT2D eigenvalue weighted by atomic mass is 79.9. The Kier molecular flexibility index (Phi) is 2.38. The first-order chi connectivity index (χ1) is 6.48. The van der Waals surface area contributed by atoms with Crippen molar-refractivity contribution in [1.82, 2.24) is 9.97 Å². The van der Waals surface area contributed by atoms with Gasteiger partial charge in [-0.05, 0) is 28.8 Å². The number of aromatic nitrogens is 2. The molecule has 1 saturated carbocycles. The van der Waals surface area contributed by atoms with E-state index in [-0.39, 0.29) is 5.41 Å². The fourth-order valence-electron chi connectivity index (χ4n) is 1.44. The smallest absolute Gasteiger partial charge is 0.131 e. The van der Waals surface area contributed by atoms with Crippen molar-refractivity contribution in [3.05, 3.63) is 22.2 Å². The molecular weight excluding hydrogens is 240 g/mol. The number of rotatable bonds is 1. The predicted octanol–water partition coefficient (Wildman–Crippen LogP) is 3.41. The molecule has 0 atom stereocenters. The average Bonchev–Trinajstić information content (AvgIpc) is 2.85. The van der Waals surface area contributed by atoms with Crippen molar-refractivity contribution in [2.24, 2.45) is 0 Å². The van der Waals surface area contributed by atoms with Gasteiger partial charge in [0.1, 0.15) is 5.82 Å². The molecule has 3 heteroatoms. The normalized spacial score (nSPS) is 17.1. The van der Waals surface area contributed by atoms with E-state index in [0.717, 1.165) is 16.0 Å². The van der Waals surface area contributed by atoms with Gasteiger partial charge in [-0.1, -0.05) is 20.8 Å². The fraction of sp³-hybridized carbons (Fsp3) is 0.636.